The Labute approximate surface area is 393 Å². The van der Waals surface area contributed by atoms with Crippen molar-refractivity contribution in [1.29, 1.82) is 0 Å². The van der Waals surface area contributed by atoms with Gasteiger partial charge in [0, 0.05) is 8.22 Å². The lowest BCUT2D eigenvalue weighted by atomic mass is 9.60. The maximum absolute atomic E-state index is 14.7. The van der Waals surface area contributed by atoms with Gasteiger partial charge in [-0.3, -0.25) is 0 Å². The Morgan fingerprint density at radius 3 is 1.70 bits per heavy atom. The van der Waals surface area contributed by atoms with Crippen molar-refractivity contribution in [2.75, 3.05) is 0 Å². The number of hydrogen-bond acceptors (Lipinski definition) is 4. The van der Waals surface area contributed by atoms with E-state index in [2.05, 4.69) is 86.8 Å². The first kappa shape index (κ1) is 47.6. The highest BCUT2D eigenvalue weighted by Gasteiger charge is 2.71. The first-order chi connectivity index (χ1) is 30.5. The van der Waals surface area contributed by atoms with Crippen molar-refractivity contribution in [2.24, 2.45) is 23.2 Å². The van der Waals surface area contributed by atoms with E-state index >= 15 is 0 Å². The van der Waals surface area contributed by atoms with Crippen molar-refractivity contribution < 1.29 is 52.3 Å². The molecule has 0 aromatic heterocycles. The number of fused-ring (bicyclic) bond motifs is 1. The van der Waals surface area contributed by atoms with Crippen LogP contribution >= 0.6 is 0 Å². The molecular weight excluding hydrogens is 879 g/mol. The number of halogens is 6. The largest absolute Gasteiger partial charge is 0.429 e. The van der Waals surface area contributed by atoms with Gasteiger partial charge in [-0.05, 0) is 189 Å². The summed E-state index contributed by atoms with van der Waals surface area (Å²) < 4.78 is 164. The van der Waals surface area contributed by atoms with Crippen LogP contribution in [0, 0.1) is 23.2 Å². The lowest BCUT2D eigenvalue weighted by molar-refractivity contribution is -0.340. The van der Waals surface area contributed by atoms with Gasteiger partial charge in [-0.25, -0.2) is 0 Å². The molecule has 0 heterocycles. The summed E-state index contributed by atoms with van der Waals surface area (Å²) in [6.45, 7) is 27.7. The van der Waals surface area contributed by atoms with Crippen LogP contribution < -0.4 is 0 Å². The van der Waals surface area contributed by atoms with E-state index in [1.54, 1.807) is 19.6 Å². The van der Waals surface area contributed by atoms with Crippen molar-refractivity contribution in [3.8, 4) is 0 Å². The molecule has 3 fully saturated rings. The van der Waals surface area contributed by atoms with Crippen LogP contribution in [0.2, 0.25) is 75.5 Å². The van der Waals surface area contributed by atoms with E-state index in [4.69, 9.17) is 25.9 Å². The van der Waals surface area contributed by atoms with Crippen LogP contribution in [0.3, 0.4) is 0 Å². The SMILES string of the molecule is [2H]C([2H])([2H])C(CCC[C@H](C/C=C/C(O[Si](C)(C)C)(C(F)(F)F)C(F)(F)F)[C@H]1CC[C@H]2/C(=C/C=C3C[C@@H](O[Si](C)(C)C(C)(C)C)C[C@H](O[Si](C)(C)C(C)(C)C)C3)CCC[C@]12C)(O[Si](C)(C)C)C([2H])([2H])[2H]. The Bertz CT molecular complexity index is 1760. The average Bonchev–Trinajstić information content (AvgIpc) is 3.45. The van der Waals surface area contributed by atoms with Gasteiger partial charge in [-0.2, -0.15) is 26.3 Å². The Morgan fingerprint density at radius 2 is 1.25 bits per heavy atom. The number of hydrogen-bond donors (Lipinski definition) is 0. The molecule has 0 N–H and O–H groups in total. The molecular formula is C49H90F6O4Si4. The Kier molecular flexibility index (Phi) is 15.0. The van der Waals surface area contributed by atoms with E-state index in [0.29, 0.717) is 6.42 Å². The van der Waals surface area contributed by atoms with E-state index in [9.17, 15) is 26.3 Å². The summed E-state index contributed by atoms with van der Waals surface area (Å²) in [5, 5.41) is 0.0608. The fraction of sp³-hybridized carbons (Fsp3) is 0.878. The maximum atomic E-state index is 14.7. The second-order valence-corrected chi connectivity index (χ2v) is 43.0. The molecule has 63 heavy (non-hydrogen) atoms. The third-order valence-corrected chi connectivity index (χ3v) is 25.8. The molecule has 0 amide bonds. The molecule has 14 heteroatoms. The van der Waals surface area contributed by atoms with E-state index in [-0.39, 0.29) is 71.3 Å². The van der Waals surface area contributed by atoms with E-state index in [1.807, 2.05) is 0 Å². The maximum Gasteiger partial charge on any atom is 0.429 e. The second kappa shape index (κ2) is 19.9. The third kappa shape index (κ3) is 15.0. The van der Waals surface area contributed by atoms with Gasteiger partial charge < -0.3 is 17.7 Å². The van der Waals surface area contributed by atoms with Gasteiger partial charge >= 0.3 is 12.4 Å². The van der Waals surface area contributed by atoms with Crippen LogP contribution in [0.1, 0.15) is 147 Å². The Balaban J connectivity index is 2.13. The minimum Gasteiger partial charge on any atom is -0.414 e. The molecule has 6 atom stereocenters. The Hall–Kier alpha value is -0.492. The van der Waals surface area contributed by atoms with Crippen LogP contribution in [0.25, 0.3) is 0 Å². The molecule has 0 aromatic rings. The van der Waals surface area contributed by atoms with Crippen LogP contribution in [-0.2, 0) is 17.7 Å². The second-order valence-electron chi connectivity index (χ2n) is 24.6. The zero-order chi connectivity index (χ0) is 53.7. The van der Waals surface area contributed by atoms with Crippen molar-refractivity contribution in [1.82, 2.24) is 0 Å². The zero-order valence-corrected chi connectivity index (χ0v) is 46.1. The first-order valence-corrected chi connectivity index (χ1v) is 36.1. The summed E-state index contributed by atoms with van der Waals surface area (Å²) in [4.78, 5) is 0. The van der Waals surface area contributed by atoms with Crippen molar-refractivity contribution in [3.63, 3.8) is 0 Å². The lowest BCUT2D eigenvalue weighted by Crippen LogP contribution is -2.61. The molecule has 0 aromatic carbocycles. The molecule has 0 aliphatic heterocycles. The van der Waals surface area contributed by atoms with E-state index in [0.717, 1.165) is 51.0 Å². The molecule has 0 radical (unpaired) electrons. The third-order valence-electron chi connectivity index (χ3n) is 14.9. The minimum atomic E-state index is -5.81. The predicted molar refractivity (Wildman–Crippen MR) is 261 cm³/mol. The van der Waals surface area contributed by atoms with Crippen LogP contribution in [0.5, 0.6) is 0 Å². The molecule has 0 spiro atoms. The summed E-state index contributed by atoms with van der Waals surface area (Å²) in [6.07, 6.45) is -0.00540. The average molecular weight is 976 g/mol. The van der Waals surface area contributed by atoms with Gasteiger partial charge in [0.2, 0.25) is 0 Å². The van der Waals surface area contributed by atoms with E-state index < -0.39 is 76.4 Å². The molecule has 0 unspecified atom stereocenters. The summed E-state index contributed by atoms with van der Waals surface area (Å²) >= 11 is 0. The normalized spacial score (nSPS) is 28.6. The highest BCUT2D eigenvalue weighted by molar-refractivity contribution is 6.74. The standard InChI is InChI=1S/C49H90F6O4Si4/c1-43(2,3)62(16,17)56-39-33-36(34-40(35-39)57-63(18,19)44(4,5)6)26-27-38-24-21-31-46(9)41(28-29-42(38)46)37(23-20-30-45(7,8)58-60(10,11)12)25-22-32-47(48(50,51)52,49(53,54)55)59-61(13,14)15/h22,26-27,32,37,39-42H,20-21,23-25,28-31,33-35H2,1-19H3/b32-22+,38-27+/t37-,39-,40-,41-,42+,46-/m1/s1/i7D3,8D3. The summed E-state index contributed by atoms with van der Waals surface area (Å²) in [6, 6.07) is 0. The van der Waals surface area contributed by atoms with Crippen LogP contribution in [-0.4, -0.2) is 69.0 Å². The number of allylic oxidation sites excluding steroid dienone is 4. The monoisotopic (exact) mass is 975 g/mol. The summed E-state index contributed by atoms with van der Waals surface area (Å²) in [7, 11) is -10.5. The molecule has 3 saturated carbocycles. The Morgan fingerprint density at radius 1 is 0.746 bits per heavy atom. The molecule has 3 aliphatic carbocycles. The van der Waals surface area contributed by atoms with E-state index in [1.165, 1.54) is 30.8 Å². The quantitative estimate of drug-likeness (QED) is 0.0827. The van der Waals surface area contributed by atoms with Gasteiger partial charge in [0.1, 0.15) is 0 Å². The lowest BCUT2D eigenvalue weighted by Gasteiger charge is -2.45. The zero-order valence-electron chi connectivity index (χ0n) is 48.1. The molecule has 3 aliphatic rings. The van der Waals surface area contributed by atoms with Crippen LogP contribution in [0.15, 0.2) is 35.5 Å². The molecule has 0 bridgehead atoms. The molecule has 368 valence electrons. The highest BCUT2D eigenvalue weighted by Crippen LogP contribution is 2.61. The van der Waals surface area contributed by atoms with Crippen LogP contribution in [0.4, 0.5) is 26.3 Å². The fourth-order valence-electron chi connectivity index (χ4n) is 9.97. The highest BCUT2D eigenvalue weighted by atomic mass is 28.4. The topological polar surface area (TPSA) is 36.9 Å². The van der Waals surface area contributed by atoms with Gasteiger partial charge in [0.05, 0.1) is 17.8 Å². The van der Waals surface area contributed by atoms with Gasteiger partial charge in [-0.1, -0.05) is 84.3 Å². The van der Waals surface area contributed by atoms with Crippen molar-refractivity contribution in [2.45, 2.75) is 251 Å². The van der Waals surface area contributed by atoms with Gasteiger partial charge in [-0.15, -0.1) is 0 Å². The van der Waals surface area contributed by atoms with Gasteiger partial charge in [0.15, 0.2) is 33.3 Å². The molecule has 0 saturated heterocycles. The first-order valence-electron chi connectivity index (χ1n) is 26.5. The number of rotatable bonds is 17. The molecule has 4 nitrogen and oxygen atoms in total. The smallest absolute Gasteiger partial charge is 0.414 e. The minimum absolute atomic E-state index is 0.00966. The molecule has 3 rings (SSSR count). The predicted octanol–water partition coefficient (Wildman–Crippen LogP) is 17.1. The van der Waals surface area contributed by atoms with Gasteiger partial charge in [0.25, 0.3) is 5.60 Å². The van der Waals surface area contributed by atoms with Crippen molar-refractivity contribution >= 4 is 33.3 Å². The summed E-state index contributed by atoms with van der Waals surface area (Å²) in [5.74, 6) is -0.571. The summed E-state index contributed by atoms with van der Waals surface area (Å²) in [5.41, 5.74) is -4.87. The fourth-order valence-corrected chi connectivity index (χ4v) is 15.1. The number of alkyl halides is 6. The van der Waals surface area contributed by atoms with Crippen molar-refractivity contribution in [3.05, 3.63) is 35.5 Å².